The van der Waals surface area contributed by atoms with Crippen LogP contribution >= 0.6 is 0 Å². The molecule has 1 unspecified atom stereocenters. The van der Waals surface area contributed by atoms with Gasteiger partial charge in [0, 0.05) is 37.7 Å². The van der Waals surface area contributed by atoms with Gasteiger partial charge >= 0.3 is 23.9 Å². The number of rotatable bonds is 6. The molecule has 112 valence electrons. The molecule has 20 heavy (non-hydrogen) atoms. The van der Waals surface area contributed by atoms with Crippen molar-refractivity contribution in [3.05, 3.63) is 0 Å². The summed E-state index contributed by atoms with van der Waals surface area (Å²) >= 11 is 0. The van der Waals surface area contributed by atoms with Crippen LogP contribution in [-0.2, 0) is 19.2 Å². The Morgan fingerprint density at radius 2 is 1.20 bits per heavy atom. The maximum absolute atomic E-state index is 10.3. The third-order valence-electron chi connectivity index (χ3n) is 1.64. The van der Waals surface area contributed by atoms with Gasteiger partial charge in [0.15, 0.2) is 5.60 Å². The van der Waals surface area contributed by atoms with E-state index in [1.54, 1.807) is 0 Å². The molecule has 0 rings (SSSR count). The van der Waals surface area contributed by atoms with Gasteiger partial charge in [0.1, 0.15) is 6.10 Å². The Bertz CT molecular complexity index is 348. The van der Waals surface area contributed by atoms with Crippen LogP contribution in [0.3, 0.4) is 0 Å². The zero-order valence-corrected chi connectivity index (χ0v) is 12.7. The maximum atomic E-state index is 10.3. The van der Waals surface area contributed by atoms with E-state index in [0.717, 1.165) is 0 Å². The first kappa shape index (κ1) is 24.1. The summed E-state index contributed by atoms with van der Waals surface area (Å²) in [7, 11) is 0. The Kier molecular flexibility index (Phi) is 13.0. The molecule has 11 heteroatoms. The summed E-state index contributed by atoms with van der Waals surface area (Å²) < 4.78 is 0. The molecular weight excluding hydrogens is 308 g/mol. The van der Waals surface area contributed by atoms with Gasteiger partial charge < -0.3 is 30.6 Å². The molecule has 0 aliphatic heterocycles. The molecule has 0 bridgehead atoms. The second-order valence-corrected chi connectivity index (χ2v) is 3.49. The van der Waals surface area contributed by atoms with Crippen molar-refractivity contribution < 1.29 is 49.8 Å². The van der Waals surface area contributed by atoms with Crippen molar-refractivity contribution in [2.24, 2.45) is 0 Å². The summed E-state index contributed by atoms with van der Waals surface area (Å²) in [5, 5.41) is 49.6. The average molecular weight is 322 g/mol. The molecule has 0 aromatic carbocycles. The average Bonchev–Trinajstić information content (AvgIpc) is 2.14. The van der Waals surface area contributed by atoms with Gasteiger partial charge in [-0.15, -0.1) is 0 Å². The predicted octanol–water partition coefficient (Wildman–Crippen LogP) is -2.18. The van der Waals surface area contributed by atoms with Crippen LogP contribution in [0.5, 0.6) is 0 Å². The molecule has 0 amide bonds. The van der Waals surface area contributed by atoms with Crippen LogP contribution in [0.4, 0.5) is 0 Å². The number of carboxylic acid groups (broad SMARTS) is 4. The van der Waals surface area contributed by atoms with Crippen LogP contribution in [0, 0.1) is 0 Å². The van der Waals surface area contributed by atoms with E-state index in [9.17, 15) is 19.2 Å². The van der Waals surface area contributed by atoms with Gasteiger partial charge in [0.2, 0.25) is 0 Å². The molecular formula is C9H14CaO10. The standard InChI is InChI=1S/C6H8O7.C3H6O3.Ca/c7-3(8)1-6(13,5(11)12)2-4(9)10;1-2(4)3(5)6;/h13H,1-2H2,(H,7,8)(H,9,10)(H,11,12);2,4H,1H3,(H,5,6);. The zero-order valence-electron chi connectivity index (χ0n) is 10.5. The van der Waals surface area contributed by atoms with E-state index in [0.29, 0.717) is 0 Å². The second kappa shape index (κ2) is 10.8. The van der Waals surface area contributed by atoms with E-state index in [1.807, 2.05) is 0 Å². The molecule has 0 aromatic heterocycles. The van der Waals surface area contributed by atoms with Crippen molar-refractivity contribution in [2.75, 3.05) is 0 Å². The Morgan fingerprint density at radius 1 is 0.950 bits per heavy atom. The summed E-state index contributed by atoms with van der Waals surface area (Å²) in [6.45, 7) is 1.20. The molecule has 0 aliphatic carbocycles. The number of aliphatic hydroxyl groups excluding tert-OH is 1. The zero-order chi connectivity index (χ0) is 15.8. The van der Waals surface area contributed by atoms with Crippen molar-refractivity contribution in [3.8, 4) is 0 Å². The monoisotopic (exact) mass is 322 g/mol. The maximum Gasteiger partial charge on any atom is 0.336 e. The molecule has 1 atom stereocenters. The number of carbonyl (C=O) groups is 4. The number of hydrogen-bond donors (Lipinski definition) is 6. The predicted molar refractivity (Wildman–Crippen MR) is 62.2 cm³/mol. The molecule has 0 saturated carbocycles. The van der Waals surface area contributed by atoms with E-state index in [1.165, 1.54) is 6.92 Å². The first-order valence-electron chi connectivity index (χ1n) is 4.72. The Balaban J connectivity index is -0.000000352. The van der Waals surface area contributed by atoms with Crippen LogP contribution in [0.15, 0.2) is 0 Å². The number of aliphatic carboxylic acids is 4. The smallest absolute Gasteiger partial charge is 0.336 e. The van der Waals surface area contributed by atoms with E-state index in [2.05, 4.69) is 0 Å². The van der Waals surface area contributed by atoms with Crippen molar-refractivity contribution >= 4 is 61.6 Å². The van der Waals surface area contributed by atoms with E-state index >= 15 is 0 Å². The summed E-state index contributed by atoms with van der Waals surface area (Å²) in [6, 6.07) is 0. The largest absolute Gasteiger partial charge is 0.481 e. The van der Waals surface area contributed by atoms with Gasteiger partial charge in [-0.25, -0.2) is 9.59 Å². The van der Waals surface area contributed by atoms with Crippen LogP contribution in [-0.4, -0.2) is 104 Å². The number of hydrogen-bond acceptors (Lipinski definition) is 6. The van der Waals surface area contributed by atoms with Crippen LogP contribution in [0.1, 0.15) is 19.8 Å². The Labute approximate surface area is 142 Å². The van der Waals surface area contributed by atoms with Crippen molar-refractivity contribution in [1.82, 2.24) is 0 Å². The summed E-state index contributed by atoms with van der Waals surface area (Å²) in [5.74, 6) is -6.20. The second-order valence-electron chi connectivity index (χ2n) is 3.49. The van der Waals surface area contributed by atoms with Crippen molar-refractivity contribution in [1.29, 1.82) is 0 Å². The number of aliphatic hydroxyl groups is 2. The van der Waals surface area contributed by atoms with Gasteiger partial charge in [-0.3, -0.25) is 9.59 Å². The normalized spacial score (nSPS) is 11.2. The van der Waals surface area contributed by atoms with Gasteiger partial charge in [0.25, 0.3) is 0 Å². The van der Waals surface area contributed by atoms with Crippen molar-refractivity contribution in [3.63, 3.8) is 0 Å². The quantitative estimate of drug-likeness (QED) is 0.293. The number of carboxylic acids is 4. The van der Waals surface area contributed by atoms with E-state index in [-0.39, 0.29) is 37.7 Å². The van der Waals surface area contributed by atoms with Gasteiger partial charge in [-0.1, -0.05) is 0 Å². The molecule has 0 fully saturated rings. The minimum Gasteiger partial charge on any atom is -0.481 e. The van der Waals surface area contributed by atoms with Gasteiger partial charge in [-0.2, -0.15) is 0 Å². The fourth-order valence-corrected chi connectivity index (χ4v) is 0.714. The summed E-state index contributed by atoms with van der Waals surface area (Å²) in [5.41, 5.74) is -2.74. The Morgan fingerprint density at radius 3 is 1.30 bits per heavy atom. The van der Waals surface area contributed by atoms with Crippen LogP contribution < -0.4 is 0 Å². The van der Waals surface area contributed by atoms with Crippen LogP contribution in [0.2, 0.25) is 0 Å². The summed E-state index contributed by atoms with van der Waals surface area (Å²) in [4.78, 5) is 39.9. The molecule has 2 radical (unpaired) electrons. The SMILES string of the molecule is CC(O)C(=O)O.O=C(O)CC(O)(CC(=O)O)C(=O)O.[Ca]. The minimum atomic E-state index is -2.74. The molecule has 6 N–H and O–H groups in total. The van der Waals surface area contributed by atoms with Crippen LogP contribution in [0.25, 0.3) is 0 Å². The molecule has 0 heterocycles. The molecule has 0 saturated heterocycles. The Hall–Kier alpha value is -0.940. The van der Waals surface area contributed by atoms with Gasteiger partial charge in [0.05, 0.1) is 12.8 Å². The first-order valence-corrected chi connectivity index (χ1v) is 4.72. The molecule has 0 spiro atoms. The minimum absolute atomic E-state index is 0. The fourth-order valence-electron chi connectivity index (χ4n) is 0.714. The third kappa shape index (κ3) is 12.1. The first-order chi connectivity index (χ1) is 8.42. The third-order valence-corrected chi connectivity index (χ3v) is 1.64. The van der Waals surface area contributed by atoms with E-state index in [4.69, 9.17) is 30.6 Å². The van der Waals surface area contributed by atoms with Gasteiger partial charge in [-0.05, 0) is 6.92 Å². The topological polar surface area (TPSA) is 190 Å². The fraction of sp³-hybridized carbons (Fsp3) is 0.556. The summed E-state index contributed by atoms with van der Waals surface area (Å²) in [6.07, 6.45) is -3.52. The van der Waals surface area contributed by atoms with E-state index < -0.39 is 48.4 Å². The molecule has 0 aliphatic rings. The molecule has 0 aromatic rings. The van der Waals surface area contributed by atoms with Crippen molar-refractivity contribution in [2.45, 2.75) is 31.5 Å². The molecule has 10 nitrogen and oxygen atoms in total.